The number of aliphatic imine (C=N–C) groups is 4. The van der Waals surface area contributed by atoms with Crippen LogP contribution in [0.2, 0.25) is 0 Å². The van der Waals surface area contributed by atoms with Crippen LogP contribution in [0.25, 0.3) is 32.7 Å². The van der Waals surface area contributed by atoms with E-state index in [0.29, 0.717) is 23.1 Å². The Bertz CT molecular complexity index is 3440. The second kappa shape index (κ2) is 32.6. The first-order valence-corrected chi connectivity index (χ1v) is 28.4. The fourth-order valence-corrected chi connectivity index (χ4v) is 9.81. The molecule has 0 saturated carbocycles. The molecular weight excluding hydrogens is 1120 g/mol. The average molecular weight is 1200 g/mol. The maximum Gasteiger partial charge on any atom is 0.243 e. The molecule has 6 aromatic rings. The van der Waals surface area contributed by atoms with Crippen molar-refractivity contribution in [3.05, 3.63) is 108 Å². The predicted molar refractivity (Wildman–Crippen MR) is 334 cm³/mol. The third-order valence-corrected chi connectivity index (χ3v) is 14.3. The van der Waals surface area contributed by atoms with E-state index in [9.17, 15) is 24.0 Å². The zero-order valence-corrected chi connectivity index (χ0v) is 48.2. The number of carbonyl (C=O) groups excluding carboxylic acids is 7. The first-order chi connectivity index (χ1) is 41.7. The molecular formula is C57H81N23O7. The number of nitrogens with one attached hydrogen (secondary N) is 9. The maximum atomic E-state index is 15.1. The van der Waals surface area contributed by atoms with Gasteiger partial charge in [0.25, 0.3) is 0 Å². The van der Waals surface area contributed by atoms with Gasteiger partial charge in [-0.3, -0.25) is 53.5 Å². The third kappa shape index (κ3) is 20.4. The number of aromatic nitrogens is 3. The number of amides is 7. The largest absolute Gasteiger partial charge is 0.370 e. The number of rotatable bonds is 35. The highest BCUT2D eigenvalue weighted by Crippen LogP contribution is 2.23. The van der Waals surface area contributed by atoms with Crippen LogP contribution in [0, 0.1) is 0 Å². The van der Waals surface area contributed by atoms with Crippen molar-refractivity contribution < 1.29 is 33.6 Å². The Labute approximate surface area is 501 Å². The smallest absolute Gasteiger partial charge is 0.243 e. The van der Waals surface area contributed by atoms with Crippen molar-refractivity contribution in [3.63, 3.8) is 0 Å². The highest BCUT2D eigenvalue weighted by Gasteiger charge is 2.35. The summed E-state index contributed by atoms with van der Waals surface area (Å²) in [6, 6.07) is 12.8. The molecule has 3 aromatic carbocycles. The minimum absolute atomic E-state index is 0.0246. The van der Waals surface area contributed by atoms with Gasteiger partial charge >= 0.3 is 0 Å². The molecule has 7 atom stereocenters. The molecule has 87 heavy (non-hydrogen) atoms. The molecule has 0 aliphatic heterocycles. The lowest BCUT2D eigenvalue weighted by Crippen LogP contribution is -2.60. The monoisotopic (exact) mass is 1200 g/mol. The Morgan fingerprint density at radius 1 is 0.356 bits per heavy atom. The molecule has 6 rings (SSSR count). The van der Waals surface area contributed by atoms with Crippen LogP contribution in [0.15, 0.2) is 111 Å². The van der Waals surface area contributed by atoms with Crippen molar-refractivity contribution in [1.82, 2.24) is 46.9 Å². The normalized spacial score (nSPS) is 13.5. The summed E-state index contributed by atoms with van der Waals surface area (Å²) < 4.78 is 0. The number of aromatic amines is 3. The molecule has 0 bridgehead atoms. The van der Waals surface area contributed by atoms with E-state index in [1.165, 1.54) is 0 Å². The SMILES string of the molecule is NC(=O)[C@H](CCCN=C(N)N)NC(=O)[C@H](Cc1c[nH]c2ccccc12)NC(=O)[C@H](Cc1c[nH]c2ccccc12)NC(=O)[C@H](CCCN=C(N)N)NC(=O)[C@H](CCCN=C(N)N)NC(=O)[C@H](Cc1c[nH]c2ccccc12)NC(=O)[C@@H](N)CCCN=C(N)N. The van der Waals surface area contributed by atoms with Gasteiger partial charge in [-0.1, -0.05) is 54.6 Å². The average Bonchev–Trinajstić information content (AvgIpc) is 2.73. The van der Waals surface area contributed by atoms with Crippen molar-refractivity contribution in [2.75, 3.05) is 26.2 Å². The van der Waals surface area contributed by atoms with Crippen LogP contribution < -0.4 is 89.2 Å². The molecule has 30 nitrogen and oxygen atoms in total. The van der Waals surface area contributed by atoms with Crippen LogP contribution in [-0.2, 0) is 52.8 Å². The molecule has 0 radical (unpaired) electrons. The van der Waals surface area contributed by atoms with E-state index in [0.717, 1.165) is 32.7 Å². The second-order valence-corrected chi connectivity index (χ2v) is 20.9. The molecule has 0 aliphatic rings. The van der Waals surface area contributed by atoms with Gasteiger partial charge in [-0.2, -0.15) is 0 Å². The lowest BCUT2D eigenvalue weighted by molar-refractivity contribution is -0.135. The van der Waals surface area contributed by atoms with Crippen molar-refractivity contribution >= 4 is 97.9 Å². The van der Waals surface area contributed by atoms with E-state index in [1.807, 2.05) is 72.8 Å². The number of fused-ring (bicyclic) bond motifs is 3. The Balaban J connectivity index is 1.32. The lowest BCUT2D eigenvalue weighted by Gasteiger charge is -2.28. The number of benzene rings is 3. The zero-order valence-electron chi connectivity index (χ0n) is 48.2. The third-order valence-electron chi connectivity index (χ3n) is 14.3. The Hall–Kier alpha value is -10.4. The van der Waals surface area contributed by atoms with Gasteiger partial charge < -0.3 is 104 Å². The summed E-state index contributed by atoms with van der Waals surface area (Å²) in [5.74, 6) is -6.24. The molecule has 0 fully saturated rings. The second-order valence-electron chi connectivity index (χ2n) is 20.9. The van der Waals surface area contributed by atoms with Crippen LogP contribution in [0.4, 0.5) is 0 Å². The maximum absolute atomic E-state index is 15.1. The predicted octanol–water partition coefficient (Wildman–Crippen LogP) is -2.91. The number of primary amides is 1. The Kier molecular flexibility index (Phi) is 24.6. The van der Waals surface area contributed by atoms with Gasteiger partial charge in [0.1, 0.15) is 36.3 Å². The molecule has 0 spiro atoms. The Morgan fingerprint density at radius 3 is 0.943 bits per heavy atom. The van der Waals surface area contributed by atoms with Gasteiger partial charge in [0.15, 0.2) is 23.8 Å². The number of carbonyl (C=O) groups is 7. The number of H-pyrrole nitrogens is 3. The van der Waals surface area contributed by atoms with Crippen LogP contribution in [0.5, 0.6) is 0 Å². The summed E-state index contributed by atoms with van der Waals surface area (Å²) in [5, 5.41) is 19.0. The lowest BCUT2D eigenvalue weighted by atomic mass is 10.0. The van der Waals surface area contributed by atoms with Gasteiger partial charge in [-0.25, -0.2) is 0 Å². The van der Waals surface area contributed by atoms with Gasteiger partial charge in [-0.05, 0) is 86.3 Å². The van der Waals surface area contributed by atoms with Gasteiger partial charge in [-0.15, -0.1) is 0 Å². The van der Waals surface area contributed by atoms with Crippen molar-refractivity contribution in [3.8, 4) is 0 Å². The number of hydrogen-bond acceptors (Lipinski definition) is 12. The molecule has 466 valence electrons. The number of nitrogens with two attached hydrogens (primary N) is 10. The van der Waals surface area contributed by atoms with Gasteiger partial charge in [0.2, 0.25) is 41.4 Å². The van der Waals surface area contributed by atoms with E-state index >= 15 is 9.59 Å². The standard InChI is InChI=1S/C57H81N23O7/c58-37(14-7-21-68-54(60)61)48(82)78-44(25-31-28-72-38-15-4-1-11-34(31)38)52(86)77-42(19-9-23-70-56(64)65)49(83)76-43(20-10-24-71-57(66)67)50(84)79-46(27-33-30-74-40-17-6-3-13-36(33)40)53(87)80-45(26-32-29-73-39-16-5-2-12-35(32)39)51(85)75-41(47(59)81)18-8-22-69-55(62)63/h1-6,11-13,15-17,28-30,37,41-46,72-74H,7-10,14,18-27,58H2,(H2,59,81)(H,75,85)(H,76,83)(H,77,86)(H,78,82)(H,79,84)(H,80,87)(H4,60,61,68)(H4,62,63,69)(H4,64,65,70)(H4,66,67,71)/t37-,41-,42-,43-,44-,45-,46-/m0/s1. The summed E-state index contributed by atoms with van der Waals surface area (Å²) in [6.45, 7) is 0.420. The quantitative estimate of drug-likeness (QED) is 0.0108. The van der Waals surface area contributed by atoms with Gasteiger partial charge in [0, 0.05) is 96.7 Å². The fourth-order valence-electron chi connectivity index (χ4n) is 9.81. The van der Waals surface area contributed by atoms with Crippen LogP contribution in [0.3, 0.4) is 0 Å². The number of hydrogen-bond donors (Lipinski definition) is 19. The minimum atomic E-state index is -1.44. The van der Waals surface area contributed by atoms with Gasteiger partial charge in [0.05, 0.1) is 6.04 Å². The van der Waals surface area contributed by atoms with Crippen LogP contribution in [-0.4, -0.2) is 149 Å². The highest BCUT2D eigenvalue weighted by atomic mass is 16.2. The minimum Gasteiger partial charge on any atom is -0.370 e. The number of guanidine groups is 4. The number of para-hydroxylation sites is 3. The van der Waals surface area contributed by atoms with E-state index in [2.05, 4.69) is 66.8 Å². The molecule has 29 N–H and O–H groups in total. The van der Waals surface area contributed by atoms with E-state index in [4.69, 9.17) is 57.3 Å². The van der Waals surface area contributed by atoms with E-state index in [1.54, 1.807) is 18.6 Å². The summed E-state index contributed by atoms with van der Waals surface area (Å²) in [6.07, 6.45) is 5.77. The van der Waals surface area contributed by atoms with Crippen LogP contribution >= 0.6 is 0 Å². The summed E-state index contributed by atoms with van der Waals surface area (Å²) in [7, 11) is 0. The summed E-state index contributed by atoms with van der Waals surface area (Å²) in [4.78, 5) is 126. The topological polar surface area (TPSA) is 549 Å². The fraction of sp³-hybridized carbons (Fsp3) is 0.386. The van der Waals surface area contributed by atoms with Crippen LogP contribution in [0.1, 0.15) is 68.1 Å². The zero-order chi connectivity index (χ0) is 63.0. The molecule has 0 saturated heterocycles. The molecule has 0 unspecified atom stereocenters. The molecule has 7 amide bonds. The van der Waals surface area contributed by atoms with E-state index in [-0.39, 0.29) is 114 Å². The van der Waals surface area contributed by atoms with Crippen molar-refractivity contribution in [1.29, 1.82) is 0 Å². The molecule has 0 aliphatic carbocycles. The molecule has 3 aromatic heterocycles. The molecule has 30 heteroatoms. The van der Waals surface area contributed by atoms with Crippen molar-refractivity contribution in [2.45, 2.75) is 113 Å². The molecule has 3 heterocycles. The first-order valence-electron chi connectivity index (χ1n) is 28.4. The number of nitrogens with zero attached hydrogens (tertiary/aromatic N) is 4. The highest BCUT2D eigenvalue weighted by molar-refractivity contribution is 5.98. The first kappa shape index (κ1) is 65.8. The van der Waals surface area contributed by atoms with Crippen molar-refractivity contribution in [2.24, 2.45) is 77.3 Å². The summed E-state index contributed by atoms with van der Waals surface area (Å²) >= 11 is 0. The Morgan fingerprint density at radius 2 is 0.621 bits per heavy atom. The summed E-state index contributed by atoms with van der Waals surface area (Å²) in [5.41, 5.74) is 60.7. The van der Waals surface area contributed by atoms with E-state index < -0.39 is 83.6 Å².